The summed E-state index contributed by atoms with van der Waals surface area (Å²) in [7, 11) is 7.63. The van der Waals surface area contributed by atoms with E-state index in [9.17, 15) is 0 Å². The van der Waals surface area contributed by atoms with Crippen LogP contribution in [0.3, 0.4) is 0 Å². The number of nitrogens with zero attached hydrogens (tertiary/aromatic N) is 9. The Balaban J connectivity index is 1.37. The van der Waals surface area contributed by atoms with Gasteiger partial charge in [-0.1, -0.05) is 5.10 Å². The van der Waals surface area contributed by atoms with Crippen molar-refractivity contribution < 1.29 is 4.74 Å². The summed E-state index contributed by atoms with van der Waals surface area (Å²) in [6.45, 7) is 0. The molecule has 1 aliphatic carbocycles. The topological polar surface area (TPSA) is 112 Å². The van der Waals surface area contributed by atoms with E-state index in [1.165, 1.54) is 0 Å². The van der Waals surface area contributed by atoms with Gasteiger partial charge in [0.25, 0.3) is 0 Å². The zero-order chi connectivity index (χ0) is 22.9. The average Bonchev–Trinajstić information content (AvgIpc) is 3.43. The van der Waals surface area contributed by atoms with Gasteiger partial charge in [0, 0.05) is 57.6 Å². The van der Waals surface area contributed by atoms with Crippen LogP contribution in [-0.2, 0) is 7.05 Å². The third kappa shape index (κ3) is 4.18. The molecule has 4 aromatic heterocycles. The van der Waals surface area contributed by atoms with Gasteiger partial charge in [0.05, 0.1) is 24.0 Å². The molecule has 0 aliphatic heterocycles. The van der Waals surface area contributed by atoms with Crippen LogP contribution in [0.2, 0.25) is 0 Å². The molecular weight excluding hydrogens is 420 g/mol. The van der Waals surface area contributed by atoms with Gasteiger partial charge in [0.2, 0.25) is 0 Å². The molecule has 0 spiro atoms. The highest BCUT2D eigenvalue weighted by molar-refractivity contribution is 5.93. The van der Waals surface area contributed by atoms with E-state index >= 15 is 0 Å². The van der Waals surface area contributed by atoms with Crippen LogP contribution < -0.4 is 15.0 Å². The van der Waals surface area contributed by atoms with E-state index in [-0.39, 0.29) is 12.1 Å². The Morgan fingerprint density at radius 3 is 2.64 bits per heavy atom. The molecule has 1 N–H and O–H groups in total. The summed E-state index contributed by atoms with van der Waals surface area (Å²) in [5.74, 6) is 1.55. The highest BCUT2D eigenvalue weighted by Crippen LogP contribution is 2.36. The number of aromatic nitrogens is 8. The number of nitrogens with one attached hydrogen (secondary N) is 1. The summed E-state index contributed by atoms with van der Waals surface area (Å²) in [4.78, 5) is 10.8. The minimum Gasteiger partial charge on any atom is -0.459 e. The number of hydrogen-bond donors (Lipinski definition) is 1. The first-order valence-electron chi connectivity index (χ1n) is 11.1. The Hall–Kier alpha value is -3.76. The van der Waals surface area contributed by atoms with Crippen LogP contribution in [-0.4, -0.2) is 67.0 Å². The van der Waals surface area contributed by atoms with Gasteiger partial charge >= 0.3 is 6.01 Å². The zero-order valence-corrected chi connectivity index (χ0v) is 19.3. The van der Waals surface area contributed by atoms with Crippen molar-refractivity contribution >= 4 is 22.5 Å². The summed E-state index contributed by atoms with van der Waals surface area (Å²) < 4.78 is 10.0. The monoisotopic (exact) mass is 448 g/mol. The van der Waals surface area contributed by atoms with Crippen LogP contribution >= 0.6 is 0 Å². The van der Waals surface area contributed by atoms with Crippen molar-refractivity contribution in [1.82, 2.24) is 39.7 Å². The van der Waals surface area contributed by atoms with Crippen molar-refractivity contribution in [2.24, 2.45) is 7.05 Å². The van der Waals surface area contributed by atoms with E-state index in [1.54, 1.807) is 10.9 Å². The SMILES string of the molecule is CNc1cc2c(cn1)c(-c1cnn(C)c1)nn2[C@H]1CC[C@@H](Oc2nncc(N(C)C)n2)CC1. The van der Waals surface area contributed by atoms with Gasteiger partial charge in [-0.05, 0) is 25.7 Å². The molecule has 0 saturated heterocycles. The fourth-order valence-electron chi connectivity index (χ4n) is 4.31. The molecule has 0 amide bonds. The van der Waals surface area contributed by atoms with E-state index in [0.29, 0.717) is 6.01 Å². The minimum atomic E-state index is 0.0645. The van der Waals surface area contributed by atoms with Gasteiger partial charge in [0.15, 0.2) is 5.82 Å². The third-order valence-corrected chi connectivity index (χ3v) is 6.07. The van der Waals surface area contributed by atoms with Crippen molar-refractivity contribution in [3.8, 4) is 17.3 Å². The second kappa shape index (κ2) is 8.64. The molecule has 1 saturated carbocycles. The fraction of sp³-hybridized carbons (Fsp3) is 0.455. The quantitative estimate of drug-likeness (QED) is 0.476. The summed E-state index contributed by atoms with van der Waals surface area (Å²) in [5, 5.41) is 21.6. The number of fused-ring (bicyclic) bond motifs is 1. The molecule has 0 aromatic carbocycles. The third-order valence-electron chi connectivity index (χ3n) is 6.07. The molecule has 5 rings (SSSR count). The molecule has 11 nitrogen and oxygen atoms in total. The Labute approximate surface area is 191 Å². The molecule has 4 aromatic rings. The van der Waals surface area contributed by atoms with Crippen LogP contribution in [0.4, 0.5) is 11.6 Å². The van der Waals surface area contributed by atoms with Crippen molar-refractivity contribution in [2.75, 3.05) is 31.4 Å². The molecule has 0 bridgehead atoms. The summed E-state index contributed by atoms with van der Waals surface area (Å²) >= 11 is 0. The van der Waals surface area contributed by atoms with Gasteiger partial charge in [-0.2, -0.15) is 20.3 Å². The fourth-order valence-corrected chi connectivity index (χ4v) is 4.31. The van der Waals surface area contributed by atoms with Gasteiger partial charge in [-0.3, -0.25) is 9.36 Å². The van der Waals surface area contributed by atoms with Gasteiger partial charge < -0.3 is 15.0 Å². The first kappa shape index (κ1) is 21.1. The van der Waals surface area contributed by atoms with Crippen molar-refractivity contribution in [3.63, 3.8) is 0 Å². The van der Waals surface area contributed by atoms with Crippen LogP contribution in [0.25, 0.3) is 22.2 Å². The van der Waals surface area contributed by atoms with Crippen molar-refractivity contribution in [1.29, 1.82) is 0 Å². The molecule has 11 heteroatoms. The standard InChI is InChI=1S/C22H28N10O/c1-23-19-9-18-17(11-24-19)21(14-10-26-31(4)13-14)29-32(18)15-5-7-16(8-6-15)33-22-27-20(30(2)3)12-25-28-22/h9-13,15-16H,5-8H2,1-4H3,(H,23,24)/t15-,16+. The maximum atomic E-state index is 6.06. The Morgan fingerprint density at radius 2 is 1.94 bits per heavy atom. The van der Waals surface area contributed by atoms with E-state index in [4.69, 9.17) is 9.84 Å². The molecule has 1 aliphatic rings. The average molecular weight is 449 g/mol. The first-order chi connectivity index (χ1) is 16.0. The predicted octanol–water partition coefficient (Wildman–Crippen LogP) is 2.69. The number of aryl methyl sites for hydroxylation is 1. The molecule has 172 valence electrons. The Kier molecular flexibility index (Phi) is 5.53. The van der Waals surface area contributed by atoms with Gasteiger partial charge in [-0.15, -0.1) is 0 Å². The summed E-state index contributed by atoms with van der Waals surface area (Å²) in [6, 6.07) is 2.67. The second-order valence-electron chi connectivity index (χ2n) is 8.57. The van der Waals surface area contributed by atoms with Crippen LogP contribution in [0, 0.1) is 0 Å². The van der Waals surface area contributed by atoms with Crippen LogP contribution in [0.1, 0.15) is 31.7 Å². The lowest BCUT2D eigenvalue weighted by Crippen LogP contribution is -2.27. The highest BCUT2D eigenvalue weighted by Gasteiger charge is 2.27. The van der Waals surface area contributed by atoms with Crippen molar-refractivity contribution in [2.45, 2.75) is 37.8 Å². The summed E-state index contributed by atoms with van der Waals surface area (Å²) in [5.41, 5.74) is 2.97. The molecular formula is C22H28N10O. The van der Waals surface area contributed by atoms with Crippen LogP contribution in [0.15, 0.2) is 30.9 Å². The number of anilines is 2. The van der Waals surface area contributed by atoms with E-state index < -0.39 is 0 Å². The zero-order valence-electron chi connectivity index (χ0n) is 19.3. The highest BCUT2D eigenvalue weighted by atomic mass is 16.5. The Morgan fingerprint density at radius 1 is 1.12 bits per heavy atom. The lowest BCUT2D eigenvalue weighted by atomic mass is 9.93. The minimum absolute atomic E-state index is 0.0645. The molecule has 33 heavy (non-hydrogen) atoms. The molecule has 4 heterocycles. The van der Waals surface area contributed by atoms with E-state index in [1.807, 2.05) is 51.7 Å². The van der Waals surface area contributed by atoms with Crippen LogP contribution in [0.5, 0.6) is 6.01 Å². The largest absolute Gasteiger partial charge is 0.459 e. The lowest BCUT2D eigenvalue weighted by molar-refractivity contribution is 0.119. The van der Waals surface area contributed by atoms with Gasteiger partial charge in [-0.25, -0.2) is 4.98 Å². The maximum absolute atomic E-state index is 6.06. The van der Waals surface area contributed by atoms with E-state index in [2.05, 4.69) is 41.3 Å². The Bertz CT molecular complexity index is 1260. The molecule has 1 fully saturated rings. The molecule has 0 radical (unpaired) electrons. The normalized spacial score (nSPS) is 18.4. The second-order valence-corrected chi connectivity index (χ2v) is 8.57. The van der Waals surface area contributed by atoms with Gasteiger partial charge in [0.1, 0.15) is 17.6 Å². The lowest BCUT2D eigenvalue weighted by Gasteiger charge is -2.29. The first-order valence-corrected chi connectivity index (χ1v) is 11.1. The maximum Gasteiger partial charge on any atom is 0.337 e. The van der Waals surface area contributed by atoms with E-state index in [0.717, 1.165) is 59.5 Å². The molecule has 0 atom stereocenters. The smallest absolute Gasteiger partial charge is 0.337 e. The number of ether oxygens (including phenoxy) is 1. The van der Waals surface area contributed by atoms with Crippen molar-refractivity contribution in [3.05, 3.63) is 30.9 Å². The predicted molar refractivity (Wildman–Crippen MR) is 125 cm³/mol. The number of pyridine rings is 1. The summed E-state index contributed by atoms with van der Waals surface area (Å²) in [6.07, 6.45) is 11.1. The number of hydrogen-bond acceptors (Lipinski definition) is 9. The molecule has 0 unspecified atom stereocenters. The number of rotatable bonds is 6.